The number of aryl methyl sites for hydroxylation is 2. The number of aromatic nitrogens is 4. The van der Waals surface area contributed by atoms with Crippen LogP contribution in [0, 0.1) is 19.7 Å². The van der Waals surface area contributed by atoms with Crippen molar-refractivity contribution in [3.05, 3.63) is 157 Å². The number of rotatable bonds is 8. The number of hydrogen-bond acceptors (Lipinski definition) is 7. The molecule has 11 nitrogen and oxygen atoms in total. The highest BCUT2D eigenvalue weighted by atomic mass is 19.1. The van der Waals surface area contributed by atoms with Gasteiger partial charge in [0.25, 0.3) is 22.9 Å². The third kappa shape index (κ3) is 7.08. The lowest BCUT2D eigenvalue weighted by Gasteiger charge is -2.35. The molecule has 0 atom stereocenters. The maximum atomic E-state index is 15.0. The molecule has 0 radical (unpaired) electrons. The van der Waals surface area contributed by atoms with Gasteiger partial charge in [-0.2, -0.15) is 5.10 Å². The second-order valence-corrected chi connectivity index (χ2v) is 12.9. The second kappa shape index (κ2) is 14.4. The highest BCUT2D eigenvalue weighted by Crippen LogP contribution is 2.24. The van der Waals surface area contributed by atoms with Gasteiger partial charge in [-0.15, -0.1) is 0 Å². The molecule has 1 aliphatic heterocycles. The molecule has 0 saturated carbocycles. The number of nitrogens with zero attached hydrogens (tertiary/aromatic N) is 4. The zero-order chi connectivity index (χ0) is 36.4. The third-order valence-corrected chi connectivity index (χ3v) is 9.42. The number of nitrogens with one attached hydrogen (secondary N) is 3. The Labute approximate surface area is 298 Å². The Hall–Kier alpha value is -6.43. The number of piperazine rings is 1. The zero-order valence-electron chi connectivity index (χ0n) is 28.7. The van der Waals surface area contributed by atoms with E-state index < -0.39 is 5.82 Å². The maximum Gasteiger partial charge on any atom is 0.272 e. The molecule has 4 heterocycles. The molecule has 0 spiro atoms. The van der Waals surface area contributed by atoms with E-state index in [1.807, 2.05) is 50.2 Å². The van der Waals surface area contributed by atoms with Crippen LogP contribution in [0.2, 0.25) is 0 Å². The van der Waals surface area contributed by atoms with Gasteiger partial charge < -0.3 is 20.1 Å². The molecule has 0 aliphatic carbocycles. The van der Waals surface area contributed by atoms with Gasteiger partial charge in [0.15, 0.2) is 0 Å². The lowest BCUT2D eigenvalue weighted by Crippen LogP contribution is -2.49. The lowest BCUT2D eigenvalue weighted by atomic mass is 10.0. The Balaban J connectivity index is 0.974. The largest absolute Gasteiger partial charge is 0.353 e. The van der Waals surface area contributed by atoms with Gasteiger partial charge in [0.05, 0.1) is 16.6 Å². The van der Waals surface area contributed by atoms with E-state index in [1.54, 1.807) is 53.6 Å². The van der Waals surface area contributed by atoms with Crippen molar-refractivity contribution < 1.29 is 14.0 Å². The maximum absolute atomic E-state index is 15.0. The highest BCUT2D eigenvalue weighted by molar-refractivity contribution is 5.96. The fraction of sp³-hybridized carbons (Fsp3) is 0.200. The third-order valence-electron chi connectivity index (χ3n) is 9.42. The number of hydrogen-bond donors (Lipinski definition) is 3. The Bertz CT molecular complexity index is 2430. The Morgan fingerprint density at radius 3 is 2.38 bits per heavy atom. The van der Waals surface area contributed by atoms with Gasteiger partial charge >= 0.3 is 0 Å². The van der Waals surface area contributed by atoms with E-state index >= 15 is 0 Å². The molecule has 1 aliphatic rings. The minimum atomic E-state index is -0.592. The van der Waals surface area contributed by atoms with Crippen molar-refractivity contribution in [2.75, 3.05) is 31.1 Å². The van der Waals surface area contributed by atoms with Crippen molar-refractivity contribution in [2.24, 2.45) is 0 Å². The molecular weight excluding hydrogens is 661 g/mol. The van der Waals surface area contributed by atoms with Crippen molar-refractivity contribution in [1.29, 1.82) is 0 Å². The molecule has 262 valence electrons. The van der Waals surface area contributed by atoms with Crippen LogP contribution in [0.1, 0.15) is 48.8 Å². The molecular formula is C40H36FN7O4. The molecule has 7 rings (SSSR count). The second-order valence-electron chi connectivity index (χ2n) is 12.9. The van der Waals surface area contributed by atoms with Crippen LogP contribution in [0.4, 0.5) is 10.2 Å². The summed E-state index contributed by atoms with van der Waals surface area (Å²) in [6.45, 7) is 5.61. The summed E-state index contributed by atoms with van der Waals surface area (Å²) in [5.41, 5.74) is 5.07. The van der Waals surface area contributed by atoms with Crippen LogP contribution in [-0.2, 0) is 13.0 Å². The van der Waals surface area contributed by atoms with Crippen molar-refractivity contribution >= 4 is 28.4 Å². The first-order valence-electron chi connectivity index (χ1n) is 17.0. The number of H-pyrrole nitrogens is 2. The number of pyridine rings is 2. The van der Waals surface area contributed by atoms with Crippen LogP contribution in [0.25, 0.3) is 21.9 Å². The summed E-state index contributed by atoms with van der Waals surface area (Å²) in [4.78, 5) is 62.2. The number of aromatic amines is 2. The fourth-order valence-electron chi connectivity index (χ4n) is 6.61. The summed E-state index contributed by atoms with van der Waals surface area (Å²) in [6.07, 6.45) is 2.07. The Morgan fingerprint density at radius 1 is 0.846 bits per heavy atom. The van der Waals surface area contributed by atoms with Gasteiger partial charge in [0.1, 0.15) is 11.6 Å². The molecule has 0 bridgehead atoms. The van der Waals surface area contributed by atoms with Crippen LogP contribution >= 0.6 is 0 Å². The Morgan fingerprint density at radius 2 is 1.63 bits per heavy atom. The summed E-state index contributed by atoms with van der Waals surface area (Å²) in [5.74, 6) is -0.515. The van der Waals surface area contributed by atoms with Crippen molar-refractivity contribution in [2.45, 2.75) is 26.8 Å². The van der Waals surface area contributed by atoms with Crippen LogP contribution < -0.4 is 21.3 Å². The molecule has 3 aromatic heterocycles. The van der Waals surface area contributed by atoms with Gasteiger partial charge in [-0.1, -0.05) is 36.4 Å². The highest BCUT2D eigenvalue weighted by Gasteiger charge is 2.25. The molecule has 1 fully saturated rings. The lowest BCUT2D eigenvalue weighted by molar-refractivity contribution is 0.0741. The molecule has 2 amide bonds. The van der Waals surface area contributed by atoms with Crippen molar-refractivity contribution in [1.82, 2.24) is 30.4 Å². The van der Waals surface area contributed by atoms with Gasteiger partial charge in [-0.05, 0) is 79.1 Å². The summed E-state index contributed by atoms with van der Waals surface area (Å²) in [7, 11) is 0. The van der Waals surface area contributed by atoms with Crippen LogP contribution in [0.15, 0.2) is 101 Å². The predicted molar refractivity (Wildman–Crippen MR) is 197 cm³/mol. The molecule has 12 heteroatoms. The molecule has 3 aromatic carbocycles. The van der Waals surface area contributed by atoms with Gasteiger partial charge in [-0.3, -0.25) is 19.2 Å². The monoisotopic (exact) mass is 697 g/mol. The van der Waals surface area contributed by atoms with Gasteiger partial charge in [0, 0.05) is 73.1 Å². The van der Waals surface area contributed by atoms with Crippen LogP contribution in [0.5, 0.6) is 0 Å². The number of fused-ring (bicyclic) bond motifs is 1. The normalized spacial score (nSPS) is 13.0. The van der Waals surface area contributed by atoms with E-state index in [4.69, 9.17) is 0 Å². The topological polar surface area (TPSA) is 144 Å². The number of anilines is 1. The quantitative estimate of drug-likeness (QED) is 0.205. The average Bonchev–Trinajstić information content (AvgIpc) is 3.16. The fourth-order valence-corrected chi connectivity index (χ4v) is 6.61. The molecule has 1 saturated heterocycles. The molecule has 0 unspecified atom stereocenters. The van der Waals surface area contributed by atoms with Crippen molar-refractivity contribution in [3.63, 3.8) is 0 Å². The van der Waals surface area contributed by atoms with E-state index in [2.05, 4.69) is 30.4 Å². The summed E-state index contributed by atoms with van der Waals surface area (Å²) in [5, 5.41) is 10.8. The summed E-state index contributed by atoms with van der Waals surface area (Å²) in [6, 6.07) is 24.6. The molecule has 3 N–H and O–H groups in total. The van der Waals surface area contributed by atoms with E-state index in [1.165, 1.54) is 6.07 Å². The SMILES string of the molecule is Cc1cc(C)c(CNC(=O)c2cccc(-c3ccc(N4CCN(C(=O)c5cc(Cc6n[nH]c(=O)c7ccccc67)ccc5F)CC4)nc3)c2)c(=O)[nH]1. The first-order chi connectivity index (χ1) is 25.1. The first-order valence-corrected chi connectivity index (χ1v) is 17.0. The standard InChI is InChI=1S/C40H36FN7O4/c1-24-18-25(2)44-38(50)33(24)23-43-37(49)28-7-5-6-27(21-28)29-11-13-36(42-22-29)47-14-16-48(17-15-47)40(52)32-19-26(10-12-34(32)41)20-35-30-8-3-4-9-31(30)39(51)46-45-35/h3-13,18-19,21-22H,14-17,20,23H2,1-2H3,(H,43,49)(H,44,50)(H,46,51). The molecule has 52 heavy (non-hydrogen) atoms. The minimum absolute atomic E-state index is 0.00278. The van der Waals surface area contributed by atoms with Gasteiger partial charge in [0.2, 0.25) is 0 Å². The number of carbonyl (C=O) groups is 2. The van der Waals surface area contributed by atoms with Crippen LogP contribution in [0.3, 0.4) is 0 Å². The predicted octanol–water partition coefficient (Wildman–Crippen LogP) is 4.91. The number of carbonyl (C=O) groups excluding carboxylic acids is 2. The summed E-state index contributed by atoms with van der Waals surface area (Å²) >= 11 is 0. The first kappa shape index (κ1) is 34.0. The average molecular weight is 698 g/mol. The number of amides is 2. The zero-order valence-corrected chi connectivity index (χ0v) is 28.7. The van der Waals surface area contributed by atoms with E-state index in [9.17, 15) is 23.6 Å². The van der Waals surface area contributed by atoms with Crippen molar-refractivity contribution in [3.8, 4) is 11.1 Å². The minimum Gasteiger partial charge on any atom is -0.353 e. The van der Waals surface area contributed by atoms with E-state index in [-0.39, 0.29) is 35.0 Å². The summed E-state index contributed by atoms with van der Waals surface area (Å²) < 4.78 is 15.0. The smallest absolute Gasteiger partial charge is 0.272 e. The van der Waals surface area contributed by atoms with Gasteiger partial charge in [-0.25, -0.2) is 14.5 Å². The molecule has 6 aromatic rings. The Kier molecular flexibility index (Phi) is 9.45. The number of benzene rings is 3. The van der Waals surface area contributed by atoms with Crippen LogP contribution in [-0.4, -0.2) is 63.1 Å². The van der Waals surface area contributed by atoms with E-state index in [0.717, 1.165) is 28.2 Å². The van der Waals surface area contributed by atoms with E-state index in [0.29, 0.717) is 65.8 Å². The number of halogens is 1.